The lowest BCUT2D eigenvalue weighted by Gasteiger charge is -2.39. The van der Waals surface area contributed by atoms with Gasteiger partial charge in [0.25, 0.3) is 0 Å². The van der Waals surface area contributed by atoms with E-state index in [0.29, 0.717) is 6.04 Å². The largest absolute Gasteiger partial charge is 0.314 e. The molecular weight excluding hydrogens is 208 g/mol. The summed E-state index contributed by atoms with van der Waals surface area (Å²) < 4.78 is 0. The molecule has 2 nitrogen and oxygen atoms in total. The van der Waals surface area contributed by atoms with E-state index in [-0.39, 0.29) is 0 Å². The van der Waals surface area contributed by atoms with Crippen molar-refractivity contribution in [2.75, 3.05) is 13.6 Å². The second kappa shape index (κ2) is 7.38. The molecule has 0 heterocycles. The molecule has 102 valence electrons. The Balaban J connectivity index is 2.31. The van der Waals surface area contributed by atoms with Crippen LogP contribution in [0.1, 0.15) is 59.8 Å². The average Bonchev–Trinajstić information content (AvgIpc) is 2.35. The monoisotopic (exact) mass is 240 g/mol. The standard InChI is InChI=1S/C15H32N2/c1-6-11-16-14-7-9-15(10-8-14)17(5)13(4)12(2)3/h12-16H,6-11H2,1-5H3. The molecule has 0 aromatic carbocycles. The van der Waals surface area contributed by atoms with Gasteiger partial charge in [-0.05, 0) is 58.5 Å². The molecule has 2 heteroatoms. The molecule has 0 radical (unpaired) electrons. The van der Waals surface area contributed by atoms with Crippen LogP contribution in [0.5, 0.6) is 0 Å². The second-order valence-corrected chi connectivity index (χ2v) is 6.11. The molecule has 1 rings (SSSR count). The van der Waals surface area contributed by atoms with Gasteiger partial charge in [0.1, 0.15) is 0 Å². The molecule has 17 heavy (non-hydrogen) atoms. The summed E-state index contributed by atoms with van der Waals surface area (Å²) in [5, 5.41) is 3.66. The third-order valence-electron chi connectivity index (χ3n) is 4.56. The Bertz CT molecular complexity index is 195. The maximum absolute atomic E-state index is 3.66. The van der Waals surface area contributed by atoms with E-state index in [1.165, 1.54) is 38.6 Å². The molecule has 0 spiro atoms. The minimum Gasteiger partial charge on any atom is -0.314 e. The topological polar surface area (TPSA) is 15.3 Å². The number of nitrogens with zero attached hydrogens (tertiary/aromatic N) is 1. The van der Waals surface area contributed by atoms with Crippen LogP contribution in [0.15, 0.2) is 0 Å². The number of hydrogen-bond acceptors (Lipinski definition) is 2. The van der Waals surface area contributed by atoms with Crippen molar-refractivity contribution in [1.82, 2.24) is 10.2 Å². The minimum absolute atomic E-state index is 0.708. The summed E-state index contributed by atoms with van der Waals surface area (Å²) in [6.45, 7) is 10.5. The Morgan fingerprint density at radius 1 is 1.12 bits per heavy atom. The zero-order valence-electron chi connectivity index (χ0n) is 12.5. The van der Waals surface area contributed by atoms with Gasteiger partial charge in [0.15, 0.2) is 0 Å². The van der Waals surface area contributed by atoms with Crippen LogP contribution in [0.3, 0.4) is 0 Å². The van der Waals surface area contributed by atoms with Crippen molar-refractivity contribution < 1.29 is 0 Å². The Morgan fingerprint density at radius 3 is 2.18 bits per heavy atom. The highest BCUT2D eigenvalue weighted by Crippen LogP contribution is 2.25. The van der Waals surface area contributed by atoms with Gasteiger partial charge in [-0.15, -0.1) is 0 Å². The third kappa shape index (κ3) is 4.59. The maximum Gasteiger partial charge on any atom is 0.00962 e. The summed E-state index contributed by atoms with van der Waals surface area (Å²) in [6.07, 6.45) is 6.72. The summed E-state index contributed by atoms with van der Waals surface area (Å²) in [6, 6.07) is 2.31. The van der Waals surface area contributed by atoms with E-state index in [9.17, 15) is 0 Å². The Kier molecular flexibility index (Phi) is 6.50. The Labute approximate surface area is 108 Å². The minimum atomic E-state index is 0.708. The molecule has 0 bridgehead atoms. The van der Waals surface area contributed by atoms with Crippen molar-refractivity contribution >= 4 is 0 Å². The molecule has 1 fully saturated rings. The Morgan fingerprint density at radius 2 is 1.71 bits per heavy atom. The first-order valence-corrected chi connectivity index (χ1v) is 7.51. The lowest BCUT2D eigenvalue weighted by molar-refractivity contribution is 0.110. The lowest BCUT2D eigenvalue weighted by Crippen LogP contribution is -2.45. The molecule has 1 aliphatic carbocycles. The van der Waals surface area contributed by atoms with Gasteiger partial charge in [-0.25, -0.2) is 0 Å². The van der Waals surface area contributed by atoms with Gasteiger partial charge in [-0.2, -0.15) is 0 Å². The summed E-state index contributed by atoms with van der Waals surface area (Å²) in [5.41, 5.74) is 0. The van der Waals surface area contributed by atoms with Gasteiger partial charge in [0.2, 0.25) is 0 Å². The number of hydrogen-bond donors (Lipinski definition) is 1. The highest BCUT2D eigenvalue weighted by molar-refractivity contribution is 4.84. The molecule has 0 aliphatic heterocycles. The van der Waals surface area contributed by atoms with Crippen LogP contribution < -0.4 is 5.32 Å². The molecule has 1 unspecified atom stereocenters. The highest BCUT2D eigenvalue weighted by Gasteiger charge is 2.26. The van der Waals surface area contributed by atoms with Crippen LogP contribution in [0.25, 0.3) is 0 Å². The first kappa shape index (κ1) is 15.0. The fourth-order valence-corrected chi connectivity index (χ4v) is 2.84. The normalized spacial score (nSPS) is 27.7. The summed E-state index contributed by atoms with van der Waals surface area (Å²) in [7, 11) is 2.31. The van der Waals surface area contributed by atoms with Gasteiger partial charge in [-0.3, -0.25) is 0 Å². The van der Waals surface area contributed by atoms with Gasteiger partial charge in [-0.1, -0.05) is 20.8 Å². The van der Waals surface area contributed by atoms with E-state index in [0.717, 1.165) is 18.0 Å². The van der Waals surface area contributed by atoms with E-state index in [1.807, 2.05) is 0 Å². The first-order chi connectivity index (χ1) is 8.06. The van der Waals surface area contributed by atoms with Crippen molar-refractivity contribution in [2.24, 2.45) is 5.92 Å². The lowest BCUT2D eigenvalue weighted by atomic mass is 9.88. The third-order valence-corrected chi connectivity index (χ3v) is 4.56. The molecule has 0 aromatic heterocycles. The van der Waals surface area contributed by atoms with Crippen LogP contribution in [0.2, 0.25) is 0 Å². The van der Waals surface area contributed by atoms with E-state index >= 15 is 0 Å². The molecular formula is C15H32N2. The van der Waals surface area contributed by atoms with Crippen LogP contribution in [-0.4, -0.2) is 36.6 Å². The average molecular weight is 240 g/mol. The van der Waals surface area contributed by atoms with E-state index in [1.54, 1.807) is 0 Å². The van der Waals surface area contributed by atoms with Crippen molar-refractivity contribution in [3.63, 3.8) is 0 Å². The van der Waals surface area contributed by atoms with Crippen LogP contribution in [0.4, 0.5) is 0 Å². The van der Waals surface area contributed by atoms with E-state index in [4.69, 9.17) is 0 Å². The van der Waals surface area contributed by atoms with Gasteiger partial charge >= 0.3 is 0 Å². The molecule has 1 atom stereocenters. The zero-order valence-corrected chi connectivity index (χ0v) is 12.5. The molecule has 1 aliphatic rings. The van der Waals surface area contributed by atoms with Crippen molar-refractivity contribution in [3.05, 3.63) is 0 Å². The van der Waals surface area contributed by atoms with Crippen LogP contribution in [-0.2, 0) is 0 Å². The van der Waals surface area contributed by atoms with Crippen LogP contribution in [0, 0.1) is 5.92 Å². The first-order valence-electron chi connectivity index (χ1n) is 7.51. The van der Waals surface area contributed by atoms with Gasteiger partial charge in [0, 0.05) is 18.1 Å². The van der Waals surface area contributed by atoms with Crippen molar-refractivity contribution in [2.45, 2.75) is 77.9 Å². The zero-order chi connectivity index (χ0) is 12.8. The summed E-state index contributed by atoms with van der Waals surface area (Å²) in [5.74, 6) is 0.760. The van der Waals surface area contributed by atoms with Crippen molar-refractivity contribution in [1.29, 1.82) is 0 Å². The quantitative estimate of drug-likeness (QED) is 0.766. The van der Waals surface area contributed by atoms with Crippen LogP contribution >= 0.6 is 0 Å². The van der Waals surface area contributed by atoms with E-state index in [2.05, 4.69) is 45.0 Å². The number of nitrogens with one attached hydrogen (secondary N) is 1. The molecule has 0 saturated heterocycles. The molecule has 0 aromatic rings. The second-order valence-electron chi connectivity index (χ2n) is 6.11. The molecule has 0 amide bonds. The fourth-order valence-electron chi connectivity index (χ4n) is 2.84. The SMILES string of the molecule is CCCNC1CCC(N(C)C(C)C(C)C)CC1. The maximum atomic E-state index is 3.66. The number of rotatable bonds is 6. The van der Waals surface area contributed by atoms with Gasteiger partial charge < -0.3 is 10.2 Å². The van der Waals surface area contributed by atoms with Gasteiger partial charge in [0.05, 0.1) is 0 Å². The summed E-state index contributed by atoms with van der Waals surface area (Å²) >= 11 is 0. The predicted molar refractivity (Wildman–Crippen MR) is 76.4 cm³/mol. The van der Waals surface area contributed by atoms with E-state index < -0.39 is 0 Å². The molecule has 1 saturated carbocycles. The Hall–Kier alpha value is -0.0800. The summed E-state index contributed by atoms with van der Waals surface area (Å²) in [4.78, 5) is 2.61. The fraction of sp³-hybridized carbons (Fsp3) is 1.00. The predicted octanol–water partition coefficient (Wildman–Crippen LogP) is 3.27. The highest BCUT2D eigenvalue weighted by atomic mass is 15.2. The van der Waals surface area contributed by atoms with Crippen molar-refractivity contribution in [3.8, 4) is 0 Å². The smallest absolute Gasteiger partial charge is 0.00962 e. The molecule has 1 N–H and O–H groups in total.